The molecule has 172 valence electrons. The van der Waals surface area contributed by atoms with Crippen LogP contribution >= 0.6 is 0 Å². The monoisotopic (exact) mass is 444 g/mol. The van der Waals surface area contributed by atoms with Crippen molar-refractivity contribution in [3.05, 3.63) is 77.9 Å². The Balaban J connectivity index is 1.35. The second-order valence-electron chi connectivity index (χ2n) is 8.76. The topological polar surface area (TPSA) is 67.3 Å². The Morgan fingerprint density at radius 1 is 1.12 bits per heavy atom. The molecule has 1 atom stereocenters. The molecule has 1 fully saturated rings. The van der Waals surface area contributed by atoms with Crippen molar-refractivity contribution in [3.63, 3.8) is 0 Å². The van der Waals surface area contributed by atoms with Crippen molar-refractivity contribution in [1.29, 1.82) is 0 Å². The van der Waals surface area contributed by atoms with Gasteiger partial charge < -0.3 is 10.1 Å². The van der Waals surface area contributed by atoms with Crippen LogP contribution in [0.15, 0.2) is 60.9 Å². The molecule has 0 spiro atoms. The first-order valence-electron chi connectivity index (χ1n) is 11.6. The number of piperidine rings is 1. The van der Waals surface area contributed by atoms with E-state index < -0.39 is 0 Å². The quantitative estimate of drug-likeness (QED) is 0.554. The van der Waals surface area contributed by atoms with Crippen LogP contribution in [0.1, 0.15) is 29.8 Å². The van der Waals surface area contributed by atoms with Gasteiger partial charge in [0, 0.05) is 50.3 Å². The lowest BCUT2D eigenvalue weighted by molar-refractivity contribution is -0.121. The van der Waals surface area contributed by atoms with Crippen LogP contribution < -0.4 is 5.32 Å². The van der Waals surface area contributed by atoms with Gasteiger partial charge in [-0.3, -0.25) is 9.69 Å². The summed E-state index contributed by atoms with van der Waals surface area (Å²) in [4.78, 5) is 24.2. The zero-order chi connectivity index (χ0) is 23.0. The number of carbonyl (C=O) groups excluding carboxylic acids is 1. The maximum atomic E-state index is 13.0. The molecule has 0 saturated carbocycles. The average Bonchev–Trinajstić information content (AvgIpc) is 2.84. The van der Waals surface area contributed by atoms with E-state index in [9.17, 15) is 4.79 Å². The van der Waals surface area contributed by atoms with E-state index in [1.165, 1.54) is 5.56 Å². The van der Waals surface area contributed by atoms with E-state index in [1.54, 1.807) is 7.11 Å². The number of nitrogens with one attached hydrogen (secondary N) is 1. The molecule has 33 heavy (non-hydrogen) atoms. The van der Waals surface area contributed by atoms with E-state index in [-0.39, 0.29) is 11.8 Å². The minimum absolute atomic E-state index is 0.0247. The summed E-state index contributed by atoms with van der Waals surface area (Å²) < 4.78 is 5.08. The predicted octanol–water partition coefficient (Wildman–Crippen LogP) is 4.49. The molecule has 6 nitrogen and oxygen atoms in total. The van der Waals surface area contributed by atoms with Crippen molar-refractivity contribution < 1.29 is 9.53 Å². The summed E-state index contributed by atoms with van der Waals surface area (Å²) in [6.07, 6.45) is 6.41. The van der Waals surface area contributed by atoms with Crippen LogP contribution in [-0.2, 0) is 22.5 Å². The molecule has 1 N–H and O–H groups in total. The summed E-state index contributed by atoms with van der Waals surface area (Å²) >= 11 is 0. The van der Waals surface area contributed by atoms with Gasteiger partial charge in [-0.2, -0.15) is 0 Å². The van der Waals surface area contributed by atoms with Crippen LogP contribution in [-0.4, -0.2) is 47.6 Å². The lowest BCUT2D eigenvalue weighted by Gasteiger charge is -2.31. The third kappa shape index (κ3) is 6.46. The summed E-state index contributed by atoms with van der Waals surface area (Å²) in [5, 5.41) is 3.15. The van der Waals surface area contributed by atoms with Crippen LogP contribution in [0.5, 0.6) is 0 Å². The molecule has 0 radical (unpaired) electrons. The molecule has 4 rings (SSSR count). The van der Waals surface area contributed by atoms with Gasteiger partial charge in [-0.05, 0) is 49.6 Å². The van der Waals surface area contributed by atoms with E-state index in [4.69, 9.17) is 4.74 Å². The second-order valence-corrected chi connectivity index (χ2v) is 8.76. The van der Waals surface area contributed by atoms with Crippen LogP contribution in [0.4, 0.5) is 5.69 Å². The van der Waals surface area contributed by atoms with E-state index in [0.717, 1.165) is 60.7 Å². The summed E-state index contributed by atoms with van der Waals surface area (Å²) in [7, 11) is 1.68. The van der Waals surface area contributed by atoms with Crippen molar-refractivity contribution in [3.8, 4) is 11.1 Å². The SMILES string of the molecule is COCCc1ncc(CN2CCC[C@@H](C(=O)Nc3cccc(-c4cccc(C)c4)c3)C2)cn1. The Hall–Kier alpha value is -3.09. The highest BCUT2D eigenvalue weighted by Gasteiger charge is 2.26. The number of hydrogen-bond donors (Lipinski definition) is 1. The Morgan fingerprint density at radius 2 is 1.88 bits per heavy atom. The van der Waals surface area contributed by atoms with Gasteiger partial charge in [0.05, 0.1) is 12.5 Å². The Kier molecular flexibility index (Phi) is 7.81. The molecule has 0 aliphatic carbocycles. The number of hydrogen-bond acceptors (Lipinski definition) is 5. The number of aryl methyl sites for hydroxylation is 1. The molecule has 1 aromatic heterocycles. The number of carbonyl (C=O) groups is 1. The van der Waals surface area contributed by atoms with Gasteiger partial charge in [-0.25, -0.2) is 9.97 Å². The third-order valence-corrected chi connectivity index (χ3v) is 6.05. The summed E-state index contributed by atoms with van der Waals surface area (Å²) in [6.45, 7) is 5.20. The van der Waals surface area contributed by atoms with E-state index in [1.807, 2.05) is 24.5 Å². The first kappa shape index (κ1) is 23.1. The summed E-state index contributed by atoms with van der Waals surface area (Å²) in [5.41, 5.74) is 5.40. The van der Waals surface area contributed by atoms with Crippen LogP contribution in [0.3, 0.4) is 0 Å². The largest absolute Gasteiger partial charge is 0.384 e. The van der Waals surface area contributed by atoms with Crippen LogP contribution in [0.25, 0.3) is 11.1 Å². The van der Waals surface area contributed by atoms with Crippen LogP contribution in [0.2, 0.25) is 0 Å². The smallest absolute Gasteiger partial charge is 0.228 e. The van der Waals surface area contributed by atoms with Gasteiger partial charge in [0.25, 0.3) is 0 Å². The fourth-order valence-electron chi connectivity index (χ4n) is 4.30. The molecule has 2 heterocycles. The zero-order valence-electron chi connectivity index (χ0n) is 19.5. The van der Waals surface area contributed by atoms with Crippen molar-refractivity contribution in [2.45, 2.75) is 32.7 Å². The second kappa shape index (κ2) is 11.2. The highest BCUT2D eigenvalue weighted by atomic mass is 16.5. The summed E-state index contributed by atoms with van der Waals surface area (Å²) in [6, 6.07) is 16.5. The first-order valence-corrected chi connectivity index (χ1v) is 11.6. The molecule has 1 amide bonds. The van der Waals surface area contributed by atoms with Crippen LogP contribution in [0, 0.1) is 12.8 Å². The highest BCUT2D eigenvalue weighted by Crippen LogP contribution is 2.25. The molecule has 1 aliphatic rings. The van der Waals surface area contributed by atoms with Gasteiger partial charge in [0.15, 0.2) is 0 Å². The third-order valence-electron chi connectivity index (χ3n) is 6.05. The highest BCUT2D eigenvalue weighted by molar-refractivity contribution is 5.93. The summed E-state index contributed by atoms with van der Waals surface area (Å²) in [5.74, 6) is 0.861. The predicted molar refractivity (Wildman–Crippen MR) is 131 cm³/mol. The van der Waals surface area contributed by atoms with Crippen molar-refractivity contribution in [2.24, 2.45) is 5.92 Å². The molecule has 3 aromatic rings. The number of rotatable bonds is 8. The number of ether oxygens (including phenoxy) is 1. The normalized spacial score (nSPS) is 16.5. The van der Waals surface area contributed by atoms with Gasteiger partial charge in [0.2, 0.25) is 5.91 Å². The lowest BCUT2D eigenvalue weighted by atomic mass is 9.96. The molecular weight excluding hydrogens is 412 g/mol. The minimum Gasteiger partial charge on any atom is -0.384 e. The van der Waals surface area contributed by atoms with E-state index in [0.29, 0.717) is 13.0 Å². The maximum Gasteiger partial charge on any atom is 0.228 e. The van der Waals surface area contributed by atoms with Crippen molar-refractivity contribution in [2.75, 3.05) is 32.1 Å². The molecule has 2 aromatic carbocycles. The minimum atomic E-state index is -0.0247. The fourth-order valence-corrected chi connectivity index (χ4v) is 4.30. The lowest BCUT2D eigenvalue weighted by Crippen LogP contribution is -2.40. The molecule has 0 bridgehead atoms. The Morgan fingerprint density at radius 3 is 2.64 bits per heavy atom. The van der Waals surface area contributed by atoms with E-state index >= 15 is 0 Å². The van der Waals surface area contributed by atoms with Gasteiger partial charge in [0.1, 0.15) is 5.82 Å². The number of amides is 1. The Labute approximate surface area is 196 Å². The first-order chi connectivity index (χ1) is 16.1. The molecular formula is C27H32N4O2. The number of aromatic nitrogens is 2. The van der Waals surface area contributed by atoms with Crippen molar-refractivity contribution in [1.82, 2.24) is 14.9 Å². The van der Waals surface area contributed by atoms with Gasteiger partial charge in [-0.1, -0.05) is 42.0 Å². The average molecular weight is 445 g/mol. The van der Waals surface area contributed by atoms with E-state index in [2.05, 4.69) is 63.5 Å². The fraction of sp³-hybridized carbons (Fsp3) is 0.370. The number of methoxy groups -OCH3 is 1. The number of nitrogens with zero attached hydrogens (tertiary/aromatic N) is 3. The molecule has 1 aliphatic heterocycles. The Bertz CT molecular complexity index is 1070. The standard InChI is InChI=1S/C27H32N4O2/c1-20-6-3-7-22(14-20)23-8-4-10-25(15-23)30-27(32)24-9-5-12-31(19-24)18-21-16-28-26(29-17-21)11-13-33-2/h3-4,6-8,10,14-17,24H,5,9,11-13,18-19H2,1-2H3,(H,30,32)/t24-/m1/s1. The number of anilines is 1. The zero-order valence-corrected chi connectivity index (χ0v) is 19.5. The molecule has 0 unspecified atom stereocenters. The van der Waals surface area contributed by atoms with Crippen molar-refractivity contribution >= 4 is 11.6 Å². The molecule has 6 heteroatoms. The number of benzene rings is 2. The molecule has 1 saturated heterocycles. The van der Waals surface area contributed by atoms with Gasteiger partial charge >= 0.3 is 0 Å². The maximum absolute atomic E-state index is 13.0. The van der Waals surface area contributed by atoms with Gasteiger partial charge in [-0.15, -0.1) is 0 Å². The number of likely N-dealkylation sites (tertiary alicyclic amines) is 1.